The van der Waals surface area contributed by atoms with Gasteiger partial charge in [-0.1, -0.05) is 55.5 Å². The molecular formula is C21H22O2. The summed E-state index contributed by atoms with van der Waals surface area (Å²) in [4.78, 5) is 0. The van der Waals surface area contributed by atoms with Crippen LogP contribution in [0.1, 0.15) is 36.8 Å². The summed E-state index contributed by atoms with van der Waals surface area (Å²) < 4.78 is 0. The van der Waals surface area contributed by atoms with Crippen LogP contribution in [0.4, 0.5) is 0 Å². The molecule has 0 fully saturated rings. The van der Waals surface area contributed by atoms with E-state index >= 15 is 0 Å². The van der Waals surface area contributed by atoms with Crippen LogP contribution >= 0.6 is 0 Å². The second-order valence-electron chi connectivity index (χ2n) is 6.19. The van der Waals surface area contributed by atoms with E-state index in [1.165, 1.54) is 11.1 Å². The highest BCUT2D eigenvalue weighted by atomic mass is 16.3. The van der Waals surface area contributed by atoms with Crippen molar-refractivity contribution in [1.29, 1.82) is 0 Å². The average molecular weight is 306 g/mol. The number of hydrogen-bond donors (Lipinski definition) is 2. The Hall–Kier alpha value is -2.48. The van der Waals surface area contributed by atoms with Gasteiger partial charge in [0.15, 0.2) is 0 Å². The van der Waals surface area contributed by atoms with Gasteiger partial charge in [0.25, 0.3) is 0 Å². The molecule has 2 nitrogen and oxygen atoms in total. The van der Waals surface area contributed by atoms with Crippen molar-refractivity contribution in [1.82, 2.24) is 0 Å². The van der Waals surface area contributed by atoms with Crippen LogP contribution in [0.15, 0.2) is 72.8 Å². The van der Waals surface area contributed by atoms with Gasteiger partial charge in [-0.05, 0) is 48.2 Å². The van der Waals surface area contributed by atoms with Crippen molar-refractivity contribution < 1.29 is 10.2 Å². The Labute approximate surface area is 137 Å². The molecule has 1 aliphatic carbocycles. The van der Waals surface area contributed by atoms with E-state index in [1.54, 1.807) is 24.3 Å². The minimum atomic E-state index is 0.00267. The zero-order valence-electron chi connectivity index (χ0n) is 13.3. The third-order valence-electron chi connectivity index (χ3n) is 4.86. The quantitative estimate of drug-likeness (QED) is 0.821. The summed E-state index contributed by atoms with van der Waals surface area (Å²) in [5.74, 6) is 0.737. The standard InChI is InChI=1S/C21H22O2/c1-2-21(14-4-3-5-15-21)20(16-6-10-18(22)11-7-16)17-8-12-19(23)13-9-17/h3-14,20,22-23H,2,15H2,1H3/t21-/m1/s1. The molecule has 2 aromatic rings. The normalized spacial score (nSPS) is 20.1. The van der Waals surface area contributed by atoms with E-state index in [-0.39, 0.29) is 22.8 Å². The fraction of sp³-hybridized carbons (Fsp3) is 0.238. The number of phenolic OH excluding ortho intramolecular Hbond substituents is 2. The van der Waals surface area contributed by atoms with Crippen LogP contribution in [-0.4, -0.2) is 10.2 Å². The zero-order valence-corrected chi connectivity index (χ0v) is 13.3. The maximum absolute atomic E-state index is 9.62. The van der Waals surface area contributed by atoms with Crippen LogP contribution in [0.2, 0.25) is 0 Å². The molecule has 0 spiro atoms. The van der Waals surface area contributed by atoms with E-state index < -0.39 is 0 Å². The molecule has 0 saturated heterocycles. The zero-order chi connectivity index (χ0) is 16.3. The number of allylic oxidation sites excluding steroid dienone is 4. The van der Waals surface area contributed by atoms with E-state index in [2.05, 4.69) is 31.2 Å². The van der Waals surface area contributed by atoms with E-state index in [9.17, 15) is 10.2 Å². The molecule has 0 saturated carbocycles. The second-order valence-corrected chi connectivity index (χ2v) is 6.19. The fourth-order valence-electron chi connectivity index (χ4n) is 3.55. The Bertz CT molecular complexity index is 665. The van der Waals surface area contributed by atoms with Gasteiger partial charge < -0.3 is 10.2 Å². The second kappa shape index (κ2) is 6.33. The Morgan fingerprint density at radius 1 is 0.870 bits per heavy atom. The molecule has 0 heterocycles. The first-order chi connectivity index (χ1) is 11.1. The van der Waals surface area contributed by atoms with Gasteiger partial charge in [0.2, 0.25) is 0 Å². The molecule has 2 aromatic carbocycles. The van der Waals surface area contributed by atoms with Gasteiger partial charge in [0.1, 0.15) is 11.5 Å². The highest BCUT2D eigenvalue weighted by molar-refractivity contribution is 5.42. The lowest BCUT2D eigenvalue weighted by molar-refractivity contribution is 0.321. The molecule has 2 heteroatoms. The first-order valence-corrected chi connectivity index (χ1v) is 8.07. The van der Waals surface area contributed by atoms with Gasteiger partial charge in [0, 0.05) is 11.3 Å². The van der Waals surface area contributed by atoms with Crippen molar-refractivity contribution in [3.8, 4) is 11.5 Å². The van der Waals surface area contributed by atoms with Crippen LogP contribution in [-0.2, 0) is 0 Å². The van der Waals surface area contributed by atoms with Crippen molar-refractivity contribution in [2.75, 3.05) is 0 Å². The summed E-state index contributed by atoms with van der Waals surface area (Å²) in [5, 5.41) is 19.2. The molecule has 2 N–H and O–H groups in total. The van der Waals surface area contributed by atoms with Crippen molar-refractivity contribution in [3.63, 3.8) is 0 Å². The number of hydrogen-bond acceptors (Lipinski definition) is 2. The largest absolute Gasteiger partial charge is 0.508 e. The van der Waals surface area contributed by atoms with Crippen LogP contribution in [0.3, 0.4) is 0 Å². The van der Waals surface area contributed by atoms with Crippen molar-refractivity contribution in [2.45, 2.75) is 25.7 Å². The van der Waals surface area contributed by atoms with E-state index in [0.717, 1.165) is 12.8 Å². The molecule has 0 radical (unpaired) electrons. The maximum atomic E-state index is 9.62. The van der Waals surface area contributed by atoms with Crippen LogP contribution in [0, 0.1) is 5.41 Å². The van der Waals surface area contributed by atoms with E-state index in [1.807, 2.05) is 24.3 Å². The fourth-order valence-corrected chi connectivity index (χ4v) is 3.55. The van der Waals surface area contributed by atoms with E-state index in [4.69, 9.17) is 0 Å². The topological polar surface area (TPSA) is 40.5 Å². The molecule has 23 heavy (non-hydrogen) atoms. The minimum Gasteiger partial charge on any atom is -0.508 e. The van der Waals surface area contributed by atoms with Crippen LogP contribution in [0.25, 0.3) is 0 Å². The van der Waals surface area contributed by atoms with Gasteiger partial charge in [-0.15, -0.1) is 0 Å². The summed E-state index contributed by atoms with van der Waals surface area (Å²) in [6.45, 7) is 2.22. The summed E-state index contributed by atoms with van der Waals surface area (Å²) in [5.41, 5.74) is 2.36. The summed E-state index contributed by atoms with van der Waals surface area (Å²) in [7, 11) is 0. The van der Waals surface area contributed by atoms with Gasteiger partial charge in [-0.3, -0.25) is 0 Å². The highest BCUT2D eigenvalue weighted by Gasteiger charge is 2.36. The Morgan fingerprint density at radius 3 is 1.78 bits per heavy atom. The molecule has 0 amide bonds. The molecule has 0 aromatic heterocycles. The summed E-state index contributed by atoms with van der Waals surface area (Å²) >= 11 is 0. The first-order valence-electron chi connectivity index (χ1n) is 8.07. The number of rotatable bonds is 4. The van der Waals surface area contributed by atoms with Crippen LogP contribution in [0.5, 0.6) is 11.5 Å². The number of benzene rings is 2. The molecule has 1 atom stereocenters. The molecule has 3 rings (SSSR count). The van der Waals surface area contributed by atoms with Gasteiger partial charge in [0.05, 0.1) is 0 Å². The Morgan fingerprint density at radius 2 is 1.39 bits per heavy atom. The molecule has 0 unspecified atom stereocenters. The monoisotopic (exact) mass is 306 g/mol. The third kappa shape index (κ3) is 3.02. The van der Waals surface area contributed by atoms with E-state index in [0.29, 0.717) is 0 Å². The molecule has 1 aliphatic rings. The Balaban J connectivity index is 2.13. The van der Waals surface area contributed by atoms with Crippen molar-refractivity contribution in [2.24, 2.45) is 5.41 Å². The number of aromatic hydroxyl groups is 2. The van der Waals surface area contributed by atoms with Crippen molar-refractivity contribution >= 4 is 0 Å². The Kier molecular flexibility index (Phi) is 4.24. The lowest BCUT2D eigenvalue weighted by Gasteiger charge is -2.39. The predicted octanol–water partition coefficient (Wildman–Crippen LogP) is 5.14. The van der Waals surface area contributed by atoms with Gasteiger partial charge in [-0.2, -0.15) is 0 Å². The lowest BCUT2D eigenvalue weighted by Crippen LogP contribution is -2.28. The predicted molar refractivity (Wildman–Crippen MR) is 93.7 cm³/mol. The smallest absolute Gasteiger partial charge is 0.115 e. The third-order valence-corrected chi connectivity index (χ3v) is 4.86. The SMILES string of the molecule is CC[C@@]1(C(c2ccc(O)cc2)c2ccc(O)cc2)C=CC=CC1. The number of phenols is 2. The highest BCUT2D eigenvalue weighted by Crippen LogP contribution is 2.49. The first kappa shape index (κ1) is 15.4. The molecule has 0 aliphatic heterocycles. The van der Waals surface area contributed by atoms with Crippen molar-refractivity contribution in [3.05, 3.63) is 84.0 Å². The van der Waals surface area contributed by atoms with Gasteiger partial charge >= 0.3 is 0 Å². The summed E-state index contributed by atoms with van der Waals surface area (Å²) in [6, 6.07) is 15.0. The average Bonchev–Trinajstić information content (AvgIpc) is 2.59. The van der Waals surface area contributed by atoms with Crippen LogP contribution < -0.4 is 0 Å². The maximum Gasteiger partial charge on any atom is 0.115 e. The van der Waals surface area contributed by atoms with Gasteiger partial charge in [-0.25, -0.2) is 0 Å². The molecule has 0 bridgehead atoms. The summed E-state index contributed by atoms with van der Waals surface area (Å²) in [6.07, 6.45) is 10.7. The minimum absolute atomic E-state index is 0.00267. The lowest BCUT2D eigenvalue weighted by atomic mass is 9.64. The molecule has 118 valence electrons. The molecular weight excluding hydrogens is 284 g/mol.